The predicted octanol–water partition coefficient (Wildman–Crippen LogP) is 7.50. The summed E-state index contributed by atoms with van der Waals surface area (Å²) >= 11 is 0. The van der Waals surface area contributed by atoms with Gasteiger partial charge >= 0.3 is 161 Å². The first kappa shape index (κ1) is 22.7. The van der Waals surface area contributed by atoms with Gasteiger partial charge < -0.3 is 0 Å². The van der Waals surface area contributed by atoms with Crippen molar-refractivity contribution in [2.75, 3.05) is 0 Å². The van der Waals surface area contributed by atoms with Crippen molar-refractivity contribution in [3.8, 4) is 0 Å². The summed E-state index contributed by atoms with van der Waals surface area (Å²) in [7, 11) is -3.47. The van der Waals surface area contributed by atoms with Gasteiger partial charge in [0.25, 0.3) is 0 Å². The molecule has 0 bridgehead atoms. The van der Waals surface area contributed by atoms with Gasteiger partial charge in [0.15, 0.2) is 0 Å². The summed E-state index contributed by atoms with van der Waals surface area (Å²) in [5.74, 6) is 10.8. The zero-order chi connectivity index (χ0) is 19.1. The zero-order valence-electron chi connectivity index (χ0n) is 17.5. The Labute approximate surface area is 172 Å². The van der Waals surface area contributed by atoms with Crippen molar-refractivity contribution < 1.29 is 10.3 Å². The monoisotopic (exact) mass is 456 g/mol. The number of halogens is 1. The van der Waals surface area contributed by atoms with Gasteiger partial charge in [0.2, 0.25) is 0 Å². The van der Waals surface area contributed by atoms with Gasteiger partial charge in [0.1, 0.15) is 0 Å². The summed E-state index contributed by atoms with van der Waals surface area (Å²) in [6, 6.07) is 22.7. The van der Waals surface area contributed by atoms with Crippen LogP contribution in [0.3, 0.4) is 0 Å². The van der Waals surface area contributed by atoms with Gasteiger partial charge in [-0.25, -0.2) is 0 Å². The molecule has 3 rings (SSSR count). The number of allylic oxidation sites excluding steroid dienone is 4. The van der Waals surface area contributed by atoms with E-state index < -0.39 is 16.6 Å². The molecule has 0 fully saturated rings. The Kier molecular flexibility index (Phi) is 5.89. The first-order chi connectivity index (χ1) is 12.0. The Bertz CT molecular complexity index is 824. The third-order valence-corrected chi connectivity index (χ3v) is 57.7. The van der Waals surface area contributed by atoms with E-state index in [1.165, 1.54) is 0 Å². The SMILES string of the molecule is C[Si](C)(P(c1ccccc1)c1ccccc1)[Cr]([CH3])([CH3])([CH3])([CH3])[C]1=CC=CC1.Cl. The molecule has 0 spiro atoms. The molecular formula is C23H34ClCrPSi. The van der Waals surface area contributed by atoms with E-state index in [0.29, 0.717) is 0 Å². The van der Waals surface area contributed by atoms with Crippen molar-refractivity contribution in [1.82, 2.24) is 0 Å². The summed E-state index contributed by atoms with van der Waals surface area (Å²) in [6.07, 6.45) is 6.51. The van der Waals surface area contributed by atoms with Gasteiger partial charge in [0.05, 0.1) is 0 Å². The normalized spacial score (nSPS) is 17.1. The van der Waals surface area contributed by atoms with Crippen LogP contribution in [0.5, 0.6) is 0 Å². The van der Waals surface area contributed by atoms with Crippen LogP contribution in [0.1, 0.15) is 6.42 Å². The van der Waals surface area contributed by atoms with E-state index in [1.807, 2.05) is 0 Å². The van der Waals surface area contributed by atoms with Gasteiger partial charge in [-0.2, -0.15) is 0 Å². The van der Waals surface area contributed by atoms with E-state index in [0.717, 1.165) is 6.42 Å². The summed E-state index contributed by atoms with van der Waals surface area (Å²) < 4.78 is 1.74. The summed E-state index contributed by atoms with van der Waals surface area (Å²) in [6.45, 7) is 5.38. The zero-order valence-corrected chi connectivity index (χ0v) is 21.5. The Hall–Kier alpha value is -0.611. The molecule has 2 aromatic rings. The second kappa shape index (κ2) is 7.02. The quantitative estimate of drug-likeness (QED) is 0.322. The average molecular weight is 457 g/mol. The first-order valence-corrected chi connectivity index (χ1v) is 22.0. The molecule has 27 heavy (non-hydrogen) atoms. The van der Waals surface area contributed by atoms with Crippen LogP contribution in [0.15, 0.2) is 83.3 Å². The summed E-state index contributed by atoms with van der Waals surface area (Å²) in [5, 5.41) is 3.10. The van der Waals surface area contributed by atoms with Crippen LogP contribution in [-0.2, 0) is 10.3 Å². The molecule has 0 nitrogen and oxygen atoms in total. The molecule has 0 aromatic heterocycles. The fraction of sp³-hybridized carbons (Fsp3) is 0.304. The van der Waals surface area contributed by atoms with Crippen LogP contribution >= 0.6 is 19.9 Å². The molecule has 0 heterocycles. The largest absolute Gasteiger partial charge is 0.147 e. The van der Waals surface area contributed by atoms with Gasteiger partial charge in [-0.1, -0.05) is 0 Å². The van der Waals surface area contributed by atoms with E-state index in [9.17, 15) is 0 Å². The van der Waals surface area contributed by atoms with Crippen LogP contribution in [-0.4, -0.2) is 6.30 Å². The molecule has 0 saturated carbocycles. The Morgan fingerprint density at radius 1 is 0.778 bits per heavy atom. The van der Waals surface area contributed by atoms with Crippen LogP contribution in [0.4, 0.5) is 0 Å². The molecule has 148 valence electrons. The van der Waals surface area contributed by atoms with Crippen molar-refractivity contribution in [3.05, 3.63) is 83.3 Å². The third kappa shape index (κ3) is 3.69. The van der Waals surface area contributed by atoms with Crippen molar-refractivity contribution in [1.29, 1.82) is 0 Å². The smallest absolute Gasteiger partial charge is 0.147 e. The third-order valence-electron chi connectivity index (χ3n) is 6.73. The molecule has 0 saturated heterocycles. The summed E-state index contributed by atoms with van der Waals surface area (Å²) in [4.78, 5) is 0. The van der Waals surface area contributed by atoms with Crippen molar-refractivity contribution >= 4 is 36.8 Å². The van der Waals surface area contributed by atoms with Gasteiger partial charge in [-0.3, -0.25) is 0 Å². The van der Waals surface area contributed by atoms with Gasteiger partial charge in [-0.05, 0) is 0 Å². The van der Waals surface area contributed by atoms with Crippen LogP contribution in [0, 0.1) is 0 Å². The molecule has 1 aliphatic rings. The van der Waals surface area contributed by atoms with Gasteiger partial charge in [0, 0.05) is 0 Å². The summed E-state index contributed by atoms with van der Waals surface area (Å²) in [5.41, 5.74) is 0. The van der Waals surface area contributed by atoms with Crippen LogP contribution < -0.4 is 10.6 Å². The maximum absolute atomic E-state index is 3.12. The second-order valence-corrected chi connectivity index (χ2v) is 46.9. The van der Waals surface area contributed by atoms with E-state index in [1.54, 1.807) is 15.0 Å². The first-order valence-electron chi connectivity index (χ1n) is 9.25. The minimum absolute atomic E-state index is 0. The van der Waals surface area contributed by atoms with Crippen LogP contribution in [0.2, 0.25) is 36.2 Å². The maximum atomic E-state index is 2.69. The van der Waals surface area contributed by atoms with Crippen LogP contribution in [0.25, 0.3) is 0 Å². The molecule has 2 aromatic carbocycles. The van der Waals surface area contributed by atoms with E-state index in [4.69, 9.17) is 0 Å². The number of hydrogen-bond acceptors (Lipinski definition) is 0. The number of benzene rings is 2. The molecule has 1 aliphatic carbocycles. The topological polar surface area (TPSA) is 0 Å². The molecule has 0 unspecified atom stereocenters. The van der Waals surface area contributed by atoms with E-state index >= 15 is 0 Å². The molecule has 0 amide bonds. The Balaban J connectivity index is 0.00000261. The number of hydrogen-bond donors (Lipinski definition) is 0. The van der Waals surface area contributed by atoms with E-state index in [2.05, 4.69) is 115 Å². The Morgan fingerprint density at radius 3 is 1.59 bits per heavy atom. The second-order valence-electron chi connectivity index (χ2n) is 9.90. The van der Waals surface area contributed by atoms with Crippen molar-refractivity contribution in [2.24, 2.45) is 0 Å². The molecule has 0 radical (unpaired) electrons. The minimum atomic E-state index is -3.12. The standard InChI is InChI=1S/C14H16PSi.C5H5.4CH3.ClH.Cr/c1-16(2)15(13-9-5-3-6-10-13)14-11-7-4-8-12-14;1-2-4-5-3-1;;;;;;/h3-12H,1-2H3;1-3H,4H2;4*1H3;1H;. The molecule has 0 N–H and O–H groups in total. The van der Waals surface area contributed by atoms with E-state index in [-0.39, 0.29) is 19.9 Å². The molecule has 4 heteroatoms. The Morgan fingerprint density at radius 2 is 1.22 bits per heavy atom. The number of rotatable bonds is 5. The van der Waals surface area contributed by atoms with Crippen molar-refractivity contribution in [3.63, 3.8) is 0 Å². The van der Waals surface area contributed by atoms with Crippen molar-refractivity contribution in [2.45, 2.75) is 42.7 Å². The van der Waals surface area contributed by atoms with Gasteiger partial charge in [-0.15, -0.1) is 12.4 Å². The average Bonchev–Trinajstić information content (AvgIpc) is 3.12. The molecule has 0 atom stereocenters. The molecule has 0 aliphatic heterocycles. The molecular weight excluding hydrogens is 423 g/mol. The maximum Gasteiger partial charge on any atom is -0.147 e. The fourth-order valence-corrected chi connectivity index (χ4v) is 36.8. The fourth-order valence-electron chi connectivity index (χ4n) is 3.77. The minimum Gasteiger partial charge on any atom is -0.147 e. The predicted molar refractivity (Wildman–Crippen MR) is 129 cm³/mol.